The van der Waals surface area contributed by atoms with Crippen molar-refractivity contribution in [1.82, 2.24) is 0 Å². The van der Waals surface area contributed by atoms with Crippen molar-refractivity contribution in [1.29, 1.82) is 0 Å². The van der Waals surface area contributed by atoms with E-state index in [1.54, 1.807) is 49.4 Å². The summed E-state index contributed by atoms with van der Waals surface area (Å²) in [6.45, 7) is 3.62. The van der Waals surface area contributed by atoms with E-state index < -0.39 is 27.9 Å². The minimum absolute atomic E-state index is 0.189. The maximum atomic E-state index is 13.0. The molecule has 0 aliphatic rings. The van der Waals surface area contributed by atoms with E-state index in [1.807, 2.05) is 6.92 Å². The average molecular weight is 404 g/mol. The molecule has 0 heterocycles. The van der Waals surface area contributed by atoms with E-state index in [1.165, 1.54) is 13.2 Å². The highest BCUT2D eigenvalue weighted by atomic mass is 32.2. The first-order valence-electron chi connectivity index (χ1n) is 8.73. The van der Waals surface area contributed by atoms with Crippen LogP contribution < -0.4 is 9.62 Å². The molecule has 1 unspecified atom stereocenters. The van der Waals surface area contributed by atoms with E-state index in [-0.39, 0.29) is 17.7 Å². The van der Waals surface area contributed by atoms with Gasteiger partial charge in [-0.25, -0.2) is 13.2 Å². The van der Waals surface area contributed by atoms with Gasteiger partial charge in [0.1, 0.15) is 6.04 Å². The average Bonchev–Trinajstić information content (AvgIpc) is 2.65. The van der Waals surface area contributed by atoms with Gasteiger partial charge in [0.05, 0.1) is 30.3 Å². The summed E-state index contributed by atoms with van der Waals surface area (Å²) in [6.07, 6.45) is 1.30. The molecule has 0 aromatic heterocycles. The van der Waals surface area contributed by atoms with Crippen LogP contribution in [0.25, 0.3) is 0 Å². The van der Waals surface area contributed by atoms with Crippen LogP contribution in [0.2, 0.25) is 0 Å². The summed E-state index contributed by atoms with van der Waals surface area (Å²) in [4.78, 5) is 24.9. The third-order valence-corrected chi connectivity index (χ3v) is 5.39. The van der Waals surface area contributed by atoms with Crippen LogP contribution in [0.3, 0.4) is 0 Å². The normalized spacial score (nSPS) is 12.1. The fourth-order valence-corrected chi connectivity index (χ4v) is 4.06. The fourth-order valence-electron chi connectivity index (χ4n) is 2.85. The maximum absolute atomic E-state index is 13.0. The first-order valence-corrected chi connectivity index (χ1v) is 10.6. The Morgan fingerprint density at radius 3 is 2.25 bits per heavy atom. The van der Waals surface area contributed by atoms with Crippen molar-refractivity contribution >= 4 is 33.3 Å². The number of hydrogen-bond acceptors (Lipinski definition) is 5. The van der Waals surface area contributed by atoms with Crippen molar-refractivity contribution in [3.63, 3.8) is 0 Å². The minimum Gasteiger partial charge on any atom is -0.465 e. The van der Waals surface area contributed by atoms with Crippen molar-refractivity contribution < 1.29 is 22.7 Å². The molecule has 1 amide bonds. The zero-order chi connectivity index (χ0) is 20.9. The van der Waals surface area contributed by atoms with Crippen molar-refractivity contribution in [2.45, 2.75) is 26.3 Å². The van der Waals surface area contributed by atoms with Gasteiger partial charge in [0, 0.05) is 0 Å². The highest BCUT2D eigenvalue weighted by Gasteiger charge is 2.32. The Hall–Kier alpha value is -2.87. The Balaban J connectivity index is 2.41. The number of methoxy groups -OCH3 is 1. The molecular weight excluding hydrogens is 380 g/mol. The van der Waals surface area contributed by atoms with Crippen LogP contribution in [0, 0.1) is 6.92 Å². The Labute approximate surface area is 165 Å². The zero-order valence-electron chi connectivity index (χ0n) is 16.3. The quantitative estimate of drug-likeness (QED) is 0.716. The molecule has 2 rings (SSSR count). The smallest absolute Gasteiger partial charge is 0.339 e. The van der Waals surface area contributed by atoms with Crippen LogP contribution in [0.4, 0.5) is 11.4 Å². The van der Waals surface area contributed by atoms with E-state index >= 15 is 0 Å². The molecule has 1 N–H and O–H groups in total. The number of rotatable bonds is 7. The number of esters is 1. The molecule has 0 fully saturated rings. The molecule has 150 valence electrons. The molecule has 0 radical (unpaired) electrons. The molecule has 0 spiro atoms. The standard InChI is InChI=1S/C20H24N2O5S/c1-5-18(22(28(4,25)26)15-12-10-14(2)11-13-15)19(23)21-17-9-7-6-8-16(17)20(24)27-3/h6-13,18H,5H2,1-4H3,(H,21,23). The number of ether oxygens (including phenoxy) is 1. The number of anilines is 2. The van der Waals surface area contributed by atoms with Gasteiger partial charge >= 0.3 is 5.97 Å². The van der Waals surface area contributed by atoms with E-state index in [0.717, 1.165) is 16.1 Å². The highest BCUT2D eigenvalue weighted by Crippen LogP contribution is 2.24. The lowest BCUT2D eigenvalue weighted by Gasteiger charge is -2.30. The van der Waals surface area contributed by atoms with Gasteiger partial charge in [0.25, 0.3) is 0 Å². The van der Waals surface area contributed by atoms with Gasteiger partial charge in [-0.15, -0.1) is 0 Å². The number of benzene rings is 2. The summed E-state index contributed by atoms with van der Waals surface area (Å²) in [5.74, 6) is -1.13. The number of carbonyl (C=O) groups excluding carboxylic acids is 2. The number of aryl methyl sites for hydroxylation is 1. The first kappa shape index (κ1) is 21.4. The Morgan fingerprint density at radius 2 is 1.71 bits per heavy atom. The molecule has 0 bridgehead atoms. The van der Waals surface area contributed by atoms with Crippen molar-refractivity contribution in [2.75, 3.05) is 23.0 Å². The summed E-state index contributed by atoms with van der Waals surface area (Å²) in [5, 5.41) is 2.66. The molecule has 1 atom stereocenters. The Kier molecular flexibility index (Phi) is 6.80. The third-order valence-electron chi connectivity index (χ3n) is 4.21. The van der Waals surface area contributed by atoms with Gasteiger partial charge in [-0.1, -0.05) is 36.8 Å². The Bertz CT molecular complexity index is 955. The monoisotopic (exact) mass is 404 g/mol. The lowest BCUT2D eigenvalue weighted by Crippen LogP contribution is -2.47. The predicted octanol–water partition coefficient (Wildman–Crippen LogP) is 2.96. The van der Waals surface area contributed by atoms with Gasteiger partial charge in [0.15, 0.2) is 0 Å². The van der Waals surface area contributed by atoms with Crippen LogP contribution in [-0.2, 0) is 19.6 Å². The van der Waals surface area contributed by atoms with Gasteiger partial charge < -0.3 is 10.1 Å². The molecule has 0 saturated carbocycles. The largest absolute Gasteiger partial charge is 0.465 e. The number of amides is 1. The van der Waals surface area contributed by atoms with Crippen molar-refractivity contribution in [3.8, 4) is 0 Å². The van der Waals surface area contributed by atoms with Gasteiger partial charge in [0.2, 0.25) is 15.9 Å². The molecule has 7 nitrogen and oxygen atoms in total. The molecule has 28 heavy (non-hydrogen) atoms. The molecule has 2 aromatic rings. The van der Waals surface area contributed by atoms with Crippen molar-refractivity contribution in [3.05, 3.63) is 59.7 Å². The lowest BCUT2D eigenvalue weighted by molar-refractivity contribution is -0.117. The van der Waals surface area contributed by atoms with Gasteiger partial charge in [-0.3, -0.25) is 9.10 Å². The van der Waals surface area contributed by atoms with E-state index in [9.17, 15) is 18.0 Å². The van der Waals surface area contributed by atoms with Gasteiger partial charge in [-0.2, -0.15) is 0 Å². The molecule has 2 aromatic carbocycles. The van der Waals surface area contributed by atoms with Crippen LogP contribution >= 0.6 is 0 Å². The second-order valence-electron chi connectivity index (χ2n) is 6.34. The topological polar surface area (TPSA) is 92.8 Å². The molecular formula is C20H24N2O5S. The SMILES string of the molecule is CCC(C(=O)Nc1ccccc1C(=O)OC)N(c1ccc(C)cc1)S(C)(=O)=O. The maximum Gasteiger partial charge on any atom is 0.339 e. The van der Waals surface area contributed by atoms with Crippen LogP contribution in [-0.4, -0.2) is 39.7 Å². The van der Waals surface area contributed by atoms with Crippen LogP contribution in [0.15, 0.2) is 48.5 Å². The lowest BCUT2D eigenvalue weighted by atomic mass is 10.1. The third kappa shape index (κ3) is 4.89. The second-order valence-corrected chi connectivity index (χ2v) is 8.20. The summed E-state index contributed by atoms with van der Waals surface area (Å²) in [5.41, 5.74) is 1.82. The first-order chi connectivity index (χ1) is 13.2. The number of carbonyl (C=O) groups is 2. The minimum atomic E-state index is -3.73. The molecule has 0 saturated heterocycles. The van der Waals surface area contributed by atoms with E-state index in [2.05, 4.69) is 5.32 Å². The number of sulfonamides is 1. The Morgan fingerprint density at radius 1 is 1.11 bits per heavy atom. The van der Waals surface area contributed by atoms with Crippen LogP contribution in [0.1, 0.15) is 29.3 Å². The van der Waals surface area contributed by atoms with E-state index in [4.69, 9.17) is 4.74 Å². The highest BCUT2D eigenvalue weighted by molar-refractivity contribution is 7.92. The summed E-state index contributed by atoms with van der Waals surface area (Å²) >= 11 is 0. The number of nitrogens with one attached hydrogen (secondary N) is 1. The molecule has 0 aliphatic heterocycles. The summed E-state index contributed by atoms with van der Waals surface area (Å²) in [6, 6.07) is 12.3. The summed E-state index contributed by atoms with van der Waals surface area (Å²) in [7, 11) is -2.48. The number of hydrogen-bond donors (Lipinski definition) is 1. The van der Waals surface area contributed by atoms with Crippen LogP contribution in [0.5, 0.6) is 0 Å². The summed E-state index contributed by atoms with van der Waals surface area (Å²) < 4.78 is 30.8. The number of nitrogens with zero attached hydrogens (tertiary/aromatic N) is 1. The zero-order valence-corrected chi connectivity index (χ0v) is 17.1. The second kappa shape index (κ2) is 8.88. The molecule has 0 aliphatic carbocycles. The van der Waals surface area contributed by atoms with Crippen molar-refractivity contribution in [2.24, 2.45) is 0 Å². The van der Waals surface area contributed by atoms with Gasteiger partial charge in [-0.05, 0) is 37.6 Å². The molecule has 8 heteroatoms. The van der Waals surface area contributed by atoms with E-state index in [0.29, 0.717) is 5.69 Å². The predicted molar refractivity (Wildman–Crippen MR) is 109 cm³/mol. The fraction of sp³-hybridized carbons (Fsp3) is 0.300. The number of para-hydroxylation sites is 1.